The number of carbonyl (C=O) groups excluding carboxylic acids is 1. The number of urea groups is 1. The van der Waals surface area contributed by atoms with E-state index in [9.17, 15) is 9.90 Å². The lowest BCUT2D eigenvalue weighted by Crippen LogP contribution is -2.54. The molecule has 1 heterocycles. The Kier molecular flexibility index (Phi) is 4.76. The number of rotatable bonds is 4. The molecule has 5 heteroatoms. The molecule has 2 aliphatic rings. The van der Waals surface area contributed by atoms with Crippen LogP contribution in [0.15, 0.2) is 24.3 Å². The molecule has 23 heavy (non-hydrogen) atoms. The normalized spacial score (nSPS) is 23.0. The summed E-state index contributed by atoms with van der Waals surface area (Å²) in [7, 11) is 0. The van der Waals surface area contributed by atoms with Crippen molar-refractivity contribution in [2.24, 2.45) is 0 Å². The second-order valence-corrected chi connectivity index (χ2v) is 7.03. The van der Waals surface area contributed by atoms with Gasteiger partial charge >= 0.3 is 6.03 Å². The Bertz CT molecular complexity index is 540. The lowest BCUT2D eigenvalue weighted by atomic mass is 9.80. The summed E-state index contributed by atoms with van der Waals surface area (Å²) in [5.41, 5.74) is 1.80. The van der Waals surface area contributed by atoms with Gasteiger partial charge in [0.25, 0.3) is 0 Å². The van der Waals surface area contributed by atoms with E-state index in [0.29, 0.717) is 6.54 Å². The lowest BCUT2D eigenvalue weighted by Gasteiger charge is -2.37. The molecule has 1 atom stereocenters. The van der Waals surface area contributed by atoms with Crippen LogP contribution in [0.1, 0.15) is 37.7 Å². The van der Waals surface area contributed by atoms with Crippen LogP contribution >= 0.6 is 0 Å². The number of anilines is 1. The van der Waals surface area contributed by atoms with Gasteiger partial charge in [-0.3, -0.25) is 0 Å². The van der Waals surface area contributed by atoms with Crippen LogP contribution in [0, 0.1) is 6.92 Å². The fourth-order valence-corrected chi connectivity index (χ4v) is 3.33. The highest BCUT2D eigenvalue weighted by molar-refractivity contribution is 5.74. The van der Waals surface area contributed by atoms with E-state index in [1.807, 2.05) is 0 Å². The smallest absolute Gasteiger partial charge is 0.315 e. The SMILES string of the molecule is Cc1ccc(N2CCCC(NC(=O)NCC3(O)CCC3)C2)cc1. The predicted octanol–water partition coefficient (Wildman–Crippen LogP) is 2.18. The van der Waals surface area contributed by atoms with Crippen molar-refractivity contribution in [2.75, 3.05) is 24.5 Å². The van der Waals surface area contributed by atoms with E-state index in [1.54, 1.807) is 0 Å². The van der Waals surface area contributed by atoms with Gasteiger partial charge < -0.3 is 20.6 Å². The Hall–Kier alpha value is -1.75. The Morgan fingerprint density at radius 2 is 2.04 bits per heavy atom. The van der Waals surface area contributed by atoms with Crippen molar-refractivity contribution in [2.45, 2.75) is 50.7 Å². The first-order valence-corrected chi connectivity index (χ1v) is 8.62. The highest BCUT2D eigenvalue weighted by Crippen LogP contribution is 2.30. The first-order valence-electron chi connectivity index (χ1n) is 8.62. The van der Waals surface area contributed by atoms with E-state index in [4.69, 9.17) is 0 Å². The molecular formula is C18H27N3O2. The van der Waals surface area contributed by atoms with Crippen molar-refractivity contribution in [1.29, 1.82) is 0 Å². The molecule has 1 unspecified atom stereocenters. The summed E-state index contributed by atoms with van der Waals surface area (Å²) in [4.78, 5) is 14.4. The molecular weight excluding hydrogens is 290 g/mol. The molecule has 126 valence electrons. The average Bonchev–Trinajstić information content (AvgIpc) is 2.52. The van der Waals surface area contributed by atoms with Crippen LogP contribution < -0.4 is 15.5 Å². The summed E-state index contributed by atoms with van der Waals surface area (Å²) in [5.74, 6) is 0. The quantitative estimate of drug-likeness (QED) is 0.797. The first kappa shape index (κ1) is 16.1. The van der Waals surface area contributed by atoms with Gasteiger partial charge in [0.15, 0.2) is 0 Å². The van der Waals surface area contributed by atoms with Crippen molar-refractivity contribution in [3.8, 4) is 0 Å². The molecule has 2 fully saturated rings. The van der Waals surface area contributed by atoms with Gasteiger partial charge in [-0.05, 0) is 51.2 Å². The molecule has 1 aliphatic heterocycles. The fourth-order valence-electron chi connectivity index (χ4n) is 3.33. The molecule has 1 aromatic carbocycles. The van der Waals surface area contributed by atoms with Gasteiger partial charge in [-0.1, -0.05) is 17.7 Å². The van der Waals surface area contributed by atoms with Gasteiger partial charge in [0, 0.05) is 31.4 Å². The molecule has 1 aliphatic carbocycles. The molecule has 0 bridgehead atoms. The van der Waals surface area contributed by atoms with Crippen LogP contribution in [0.25, 0.3) is 0 Å². The number of aliphatic hydroxyl groups is 1. The van der Waals surface area contributed by atoms with E-state index >= 15 is 0 Å². The van der Waals surface area contributed by atoms with Crippen LogP contribution in [0.3, 0.4) is 0 Å². The summed E-state index contributed by atoms with van der Waals surface area (Å²) in [6, 6.07) is 8.52. The molecule has 1 aromatic rings. The van der Waals surface area contributed by atoms with E-state index in [-0.39, 0.29) is 12.1 Å². The summed E-state index contributed by atoms with van der Waals surface area (Å²) >= 11 is 0. The zero-order valence-corrected chi connectivity index (χ0v) is 13.8. The van der Waals surface area contributed by atoms with Crippen molar-refractivity contribution < 1.29 is 9.90 Å². The van der Waals surface area contributed by atoms with Crippen LogP contribution in [0.4, 0.5) is 10.5 Å². The lowest BCUT2D eigenvalue weighted by molar-refractivity contribution is -0.0290. The standard InChI is InChI=1S/C18H27N3O2/c1-14-5-7-16(8-6-14)21-11-2-4-15(12-21)20-17(22)19-13-18(23)9-3-10-18/h5-8,15,23H,2-4,9-13H2,1H3,(H2,19,20,22). The maximum atomic E-state index is 12.0. The Morgan fingerprint density at radius 1 is 1.30 bits per heavy atom. The molecule has 0 radical (unpaired) electrons. The summed E-state index contributed by atoms with van der Waals surface area (Å²) in [6.07, 6.45) is 4.70. The van der Waals surface area contributed by atoms with Crippen molar-refractivity contribution in [1.82, 2.24) is 10.6 Å². The number of amides is 2. The molecule has 1 saturated heterocycles. The number of piperidine rings is 1. The second-order valence-electron chi connectivity index (χ2n) is 7.03. The van der Waals surface area contributed by atoms with E-state index in [0.717, 1.165) is 45.2 Å². The number of aryl methyl sites for hydroxylation is 1. The molecule has 0 spiro atoms. The van der Waals surface area contributed by atoms with E-state index in [2.05, 4.69) is 46.7 Å². The maximum absolute atomic E-state index is 12.0. The number of carbonyl (C=O) groups is 1. The van der Waals surface area contributed by atoms with Crippen LogP contribution in [0.2, 0.25) is 0 Å². The number of nitrogens with one attached hydrogen (secondary N) is 2. The maximum Gasteiger partial charge on any atom is 0.315 e. The Balaban J connectivity index is 1.48. The largest absolute Gasteiger partial charge is 0.388 e. The molecule has 0 aromatic heterocycles. The van der Waals surface area contributed by atoms with Crippen molar-refractivity contribution in [3.05, 3.63) is 29.8 Å². The molecule has 2 amide bonds. The topological polar surface area (TPSA) is 64.6 Å². The highest BCUT2D eigenvalue weighted by atomic mass is 16.3. The average molecular weight is 317 g/mol. The Labute approximate surface area is 138 Å². The third kappa shape index (κ3) is 4.16. The monoisotopic (exact) mass is 317 g/mol. The predicted molar refractivity (Wildman–Crippen MR) is 91.7 cm³/mol. The summed E-state index contributed by atoms with van der Waals surface area (Å²) in [5, 5.41) is 15.9. The van der Waals surface area contributed by atoms with E-state index < -0.39 is 5.60 Å². The highest BCUT2D eigenvalue weighted by Gasteiger charge is 2.34. The van der Waals surface area contributed by atoms with Crippen LogP contribution in [-0.2, 0) is 0 Å². The summed E-state index contributed by atoms with van der Waals surface area (Å²) < 4.78 is 0. The van der Waals surface area contributed by atoms with Gasteiger partial charge in [0.05, 0.1) is 5.60 Å². The number of benzene rings is 1. The van der Waals surface area contributed by atoms with Crippen LogP contribution in [-0.4, -0.2) is 42.4 Å². The zero-order chi connectivity index (χ0) is 16.3. The third-order valence-electron chi connectivity index (χ3n) is 5.02. The fraction of sp³-hybridized carbons (Fsp3) is 0.611. The zero-order valence-electron chi connectivity index (χ0n) is 13.8. The molecule has 5 nitrogen and oxygen atoms in total. The number of hydrogen-bond acceptors (Lipinski definition) is 3. The molecule has 3 rings (SSSR count). The van der Waals surface area contributed by atoms with Gasteiger partial charge in [-0.2, -0.15) is 0 Å². The van der Waals surface area contributed by atoms with Gasteiger partial charge in [0.2, 0.25) is 0 Å². The number of hydrogen-bond donors (Lipinski definition) is 3. The Morgan fingerprint density at radius 3 is 2.70 bits per heavy atom. The van der Waals surface area contributed by atoms with Crippen LogP contribution in [0.5, 0.6) is 0 Å². The number of nitrogens with zero attached hydrogens (tertiary/aromatic N) is 1. The minimum absolute atomic E-state index is 0.154. The van der Waals surface area contributed by atoms with E-state index in [1.165, 1.54) is 11.3 Å². The third-order valence-corrected chi connectivity index (χ3v) is 5.02. The minimum atomic E-state index is -0.669. The molecule has 3 N–H and O–H groups in total. The van der Waals surface area contributed by atoms with Gasteiger partial charge in [0.1, 0.15) is 0 Å². The van der Waals surface area contributed by atoms with Gasteiger partial charge in [-0.25, -0.2) is 4.79 Å². The van der Waals surface area contributed by atoms with Crippen molar-refractivity contribution >= 4 is 11.7 Å². The first-order chi connectivity index (χ1) is 11.0. The summed E-state index contributed by atoms with van der Waals surface area (Å²) in [6.45, 7) is 4.31. The molecule has 1 saturated carbocycles. The minimum Gasteiger partial charge on any atom is -0.388 e. The van der Waals surface area contributed by atoms with Gasteiger partial charge in [-0.15, -0.1) is 0 Å². The second kappa shape index (κ2) is 6.79. The van der Waals surface area contributed by atoms with Crippen molar-refractivity contribution in [3.63, 3.8) is 0 Å².